The van der Waals surface area contributed by atoms with Crippen LogP contribution in [0.25, 0.3) is 286 Å². The minimum absolute atomic E-state index is 0.585. The molecule has 0 radical (unpaired) electrons. The van der Waals surface area contributed by atoms with Crippen molar-refractivity contribution in [2.45, 2.75) is 0 Å². The second kappa shape index (κ2) is 34.9. The Morgan fingerprint density at radius 1 is 0.197 bits per heavy atom. The number of para-hydroxylation sites is 2. The highest BCUT2D eigenvalue weighted by Crippen LogP contribution is 2.51. The van der Waals surface area contributed by atoms with Crippen molar-refractivity contribution < 1.29 is 13.3 Å². The molecular formula is C136H80N8O3. The van der Waals surface area contributed by atoms with Crippen LogP contribution in [0, 0.1) is 22.7 Å². The molecule has 0 saturated heterocycles. The molecule has 0 aliphatic carbocycles. The SMILES string of the molecule is N#Cc1ccc2c(c1)c1cc(-c3ccc(-c4cc5ccccc5c5c4oc4ccc6ccccc6c45)cc3)ccc1n2-c1ccccc1.N#Cc1ccc2c(c1)c1cc(-c3cccc(-c4cc5ccccc5c5c4oc4ccc6ccccc6c45)c3)ccc1n2-c1ccccc1.c1ccc(-c2nc(-c3ccccc3)nc(-c3cc(-c4cccnc4)cc(-c4cc5ccccc5c5c4oc4ccc6ccccc6c45)c3)n2)cc1. The molecule has 11 heteroatoms. The van der Waals surface area contributed by atoms with Crippen LogP contribution in [0.15, 0.2) is 499 Å². The molecule has 11 nitrogen and oxygen atoms in total. The second-order valence-corrected chi connectivity index (χ2v) is 37.6. The topological polar surface area (TPSA) is 148 Å². The first-order chi connectivity index (χ1) is 72.8. The summed E-state index contributed by atoms with van der Waals surface area (Å²) in [4.78, 5) is 19.6. The van der Waals surface area contributed by atoms with Gasteiger partial charge in [-0.25, -0.2) is 15.0 Å². The van der Waals surface area contributed by atoms with Crippen molar-refractivity contribution in [3.63, 3.8) is 0 Å². The Morgan fingerprint density at radius 3 is 0.939 bits per heavy atom. The first kappa shape index (κ1) is 84.8. The number of furan rings is 3. The summed E-state index contributed by atoms with van der Waals surface area (Å²) in [5.41, 5.74) is 28.8. The maximum absolute atomic E-state index is 9.74. The highest BCUT2D eigenvalue weighted by atomic mass is 16.3. The molecule has 7 aromatic heterocycles. The number of pyridine rings is 1. The zero-order valence-electron chi connectivity index (χ0n) is 79.0. The number of aromatic nitrogens is 6. The lowest BCUT2D eigenvalue weighted by molar-refractivity contribution is 0.670. The predicted octanol–water partition coefficient (Wildman–Crippen LogP) is 36.2. The van der Waals surface area contributed by atoms with E-state index in [2.05, 4.69) is 396 Å². The van der Waals surface area contributed by atoms with E-state index in [-0.39, 0.29) is 0 Å². The number of fused-ring (bicyclic) bond motifs is 27. The Labute approximate surface area is 842 Å². The van der Waals surface area contributed by atoms with Gasteiger partial charge in [-0.05, 0) is 261 Å². The van der Waals surface area contributed by atoms with Gasteiger partial charge in [0.15, 0.2) is 17.5 Å². The molecule has 147 heavy (non-hydrogen) atoms. The molecule has 682 valence electrons. The van der Waals surface area contributed by atoms with Crippen LogP contribution in [0.1, 0.15) is 11.1 Å². The van der Waals surface area contributed by atoms with E-state index in [1.54, 1.807) is 6.20 Å². The zero-order chi connectivity index (χ0) is 97.3. The first-order valence-corrected chi connectivity index (χ1v) is 49.3. The molecule has 0 N–H and O–H groups in total. The van der Waals surface area contributed by atoms with Gasteiger partial charge in [0.05, 0.1) is 45.3 Å². The molecule has 0 unspecified atom stereocenters. The van der Waals surface area contributed by atoms with Gasteiger partial charge in [-0.2, -0.15) is 10.5 Å². The molecule has 0 aliphatic rings. The summed E-state index contributed by atoms with van der Waals surface area (Å²) in [7, 11) is 0. The fraction of sp³-hybridized carbons (Fsp3) is 0. The maximum atomic E-state index is 9.74. The van der Waals surface area contributed by atoms with Gasteiger partial charge in [0.2, 0.25) is 0 Å². The van der Waals surface area contributed by atoms with E-state index in [4.69, 9.17) is 28.2 Å². The Hall–Kier alpha value is -20.2. The Kier molecular flexibility index (Phi) is 20.1. The van der Waals surface area contributed by atoms with Crippen molar-refractivity contribution >= 4 is 174 Å². The minimum Gasteiger partial charge on any atom is -0.455 e. The minimum atomic E-state index is 0.585. The second-order valence-electron chi connectivity index (χ2n) is 37.6. The quantitative estimate of drug-likeness (QED) is 0.123. The molecule has 23 aromatic carbocycles. The average molecular weight is 1870 g/mol. The summed E-state index contributed by atoms with van der Waals surface area (Å²) < 4.78 is 24.8. The average Bonchev–Trinajstić information content (AvgIpc) is 1.58. The Bertz CT molecular complexity index is 10700. The molecule has 0 saturated carbocycles. The van der Waals surface area contributed by atoms with Gasteiger partial charge in [-0.3, -0.25) is 4.98 Å². The summed E-state index contributed by atoms with van der Waals surface area (Å²) in [6.07, 6.45) is 3.69. The molecule has 0 amide bonds. The lowest BCUT2D eigenvalue weighted by Crippen LogP contribution is -2.00. The third kappa shape index (κ3) is 14.5. The third-order valence-electron chi connectivity index (χ3n) is 29.1. The first-order valence-electron chi connectivity index (χ1n) is 49.3. The largest absolute Gasteiger partial charge is 0.455 e. The van der Waals surface area contributed by atoms with Crippen molar-refractivity contribution in [3.8, 4) is 124 Å². The normalized spacial score (nSPS) is 11.7. The van der Waals surface area contributed by atoms with Crippen LogP contribution in [0.5, 0.6) is 0 Å². The summed E-state index contributed by atoms with van der Waals surface area (Å²) in [6, 6.07) is 170. The molecule has 0 fully saturated rings. The lowest BCUT2D eigenvalue weighted by atomic mass is 9.92. The van der Waals surface area contributed by atoms with Gasteiger partial charge < -0.3 is 22.4 Å². The highest BCUT2D eigenvalue weighted by Gasteiger charge is 2.27. The van der Waals surface area contributed by atoms with Gasteiger partial charge in [0.1, 0.15) is 33.5 Å². The number of nitriles is 2. The van der Waals surface area contributed by atoms with E-state index in [1.165, 1.54) is 59.2 Å². The van der Waals surface area contributed by atoms with Gasteiger partial charge in [0, 0.05) is 117 Å². The van der Waals surface area contributed by atoms with Crippen LogP contribution in [0.3, 0.4) is 0 Å². The van der Waals surface area contributed by atoms with E-state index in [1.807, 2.05) is 109 Å². The number of hydrogen-bond donors (Lipinski definition) is 0. The Balaban J connectivity index is 0.000000107. The number of rotatable bonds is 11. The molecule has 0 spiro atoms. The fourth-order valence-corrected chi connectivity index (χ4v) is 22.3. The molecule has 7 heterocycles. The smallest absolute Gasteiger partial charge is 0.164 e. The number of benzene rings is 23. The predicted molar refractivity (Wildman–Crippen MR) is 604 cm³/mol. The summed E-state index contributed by atoms with van der Waals surface area (Å²) >= 11 is 0. The molecule has 30 rings (SSSR count). The summed E-state index contributed by atoms with van der Waals surface area (Å²) in [6.45, 7) is 0. The van der Waals surface area contributed by atoms with Gasteiger partial charge in [-0.1, -0.05) is 322 Å². The molecule has 0 atom stereocenters. The van der Waals surface area contributed by atoms with Crippen molar-refractivity contribution in [1.29, 1.82) is 10.5 Å². The van der Waals surface area contributed by atoms with Crippen molar-refractivity contribution in [2.75, 3.05) is 0 Å². The van der Waals surface area contributed by atoms with E-state index in [0.717, 1.165) is 210 Å². The van der Waals surface area contributed by atoms with E-state index < -0.39 is 0 Å². The highest BCUT2D eigenvalue weighted by molar-refractivity contribution is 6.32. The number of nitrogens with zero attached hydrogens (tertiary/aromatic N) is 8. The standard InChI is InChI=1S/C46H28N4O.2C45H26N2O/c1-3-13-30(14-4-1)44-48-45(31-15-5-2-6-16-31)50-46(49-44)36-25-34(33-18-11-23-47-28-33)24-35(26-36)39-27-32-17-8-10-20-38(32)42-41-37-19-9-7-12-29(37)21-22-40(41)51-43(39)42;46-27-28-17-20-40-38(23-28)39-25-31(18-21-41(39)47(40)34-13-2-1-3-14-34)30-11-8-12-32(24-30)37-26-33-10-5-7-16-36(33)44-43-35-15-6-4-9-29(35)19-22-42(43)48-45(37)44;46-27-28-14-21-40-38(24-28)39-25-32(19-22-41(39)47(40)34-10-2-1-3-11-34)29-15-17-31(18-16-29)37-26-33-9-5-7-13-36(33)44-43-35-12-6-4-8-30(35)20-23-42(43)48-45(37)44/h1-28H;2*1-26H. The van der Waals surface area contributed by atoms with Crippen LogP contribution in [-0.2, 0) is 0 Å². The van der Waals surface area contributed by atoms with Gasteiger partial charge in [-0.15, -0.1) is 0 Å². The molecular weight excluding hydrogens is 1790 g/mol. The Morgan fingerprint density at radius 2 is 0.510 bits per heavy atom. The lowest BCUT2D eigenvalue weighted by Gasteiger charge is -2.13. The fourth-order valence-electron chi connectivity index (χ4n) is 22.3. The van der Waals surface area contributed by atoms with Crippen molar-refractivity contribution in [3.05, 3.63) is 497 Å². The maximum Gasteiger partial charge on any atom is 0.164 e. The van der Waals surface area contributed by atoms with E-state index in [9.17, 15) is 10.5 Å². The summed E-state index contributed by atoms with van der Waals surface area (Å²) in [5.74, 6) is 1.82. The van der Waals surface area contributed by atoms with Crippen molar-refractivity contribution in [1.82, 2.24) is 29.1 Å². The van der Waals surface area contributed by atoms with Crippen LogP contribution < -0.4 is 0 Å². The van der Waals surface area contributed by atoms with Gasteiger partial charge >= 0.3 is 0 Å². The summed E-state index contributed by atoms with van der Waals surface area (Å²) in [5, 5.41) is 44.9. The van der Waals surface area contributed by atoms with Crippen LogP contribution in [-0.4, -0.2) is 29.1 Å². The van der Waals surface area contributed by atoms with Crippen LogP contribution >= 0.6 is 0 Å². The molecule has 0 bridgehead atoms. The number of hydrogen-bond acceptors (Lipinski definition) is 9. The monoisotopic (exact) mass is 1870 g/mol. The zero-order valence-corrected chi connectivity index (χ0v) is 79.0. The van der Waals surface area contributed by atoms with Gasteiger partial charge in [0.25, 0.3) is 0 Å². The van der Waals surface area contributed by atoms with Crippen molar-refractivity contribution in [2.24, 2.45) is 0 Å². The van der Waals surface area contributed by atoms with Crippen LogP contribution in [0.2, 0.25) is 0 Å². The van der Waals surface area contributed by atoms with Crippen LogP contribution in [0.4, 0.5) is 0 Å². The van der Waals surface area contributed by atoms with E-state index >= 15 is 0 Å². The molecule has 30 aromatic rings. The molecule has 0 aliphatic heterocycles. The third-order valence-corrected chi connectivity index (χ3v) is 29.1. The van der Waals surface area contributed by atoms with E-state index in [0.29, 0.717) is 28.6 Å².